The zero-order chi connectivity index (χ0) is 23.3. The van der Waals surface area contributed by atoms with Gasteiger partial charge in [-0.1, -0.05) is 24.3 Å². The minimum atomic E-state index is -0.729. The summed E-state index contributed by atoms with van der Waals surface area (Å²) < 4.78 is 5.42. The second kappa shape index (κ2) is 10.1. The van der Waals surface area contributed by atoms with Gasteiger partial charge in [0, 0.05) is 48.0 Å². The van der Waals surface area contributed by atoms with Crippen LogP contribution in [0.5, 0.6) is 0 Å². The highest BCUT2D eigenvalue weighted by molar-refractivity contribution is 7.12. The van der Waals surface area contributed by atoms with Gasteiger partial charge in [-0.25, -0.2) is 0 Å². The summed E-state index contributed by atoms with van der Waals surface area (Å²) in [5, 5.41) is 8.80. The average Bonchev–Trinajstić information content (AvgIpc) is 3.55. The number of aromatic amines is 1. The SMILES string of the molecule is O=C(N[C@@H](Cc1c[nH]c2ccccc12)C(=O)Nc1ccc(N2CCOCC2)cc1)c1cccs1. The Kier molecular flexibility index (Phi) is 6.60. The van der Waals surface area contributed by atoms with Gasteiger partial charge in [-0.3, -0.25) is 9.59 Å². The topological polar surface area (TPSA) is 86.5 Å². The van der Waals surface area contributed by atoms with Gasteiger partial charge in [0.05, 0.1) is 18.1 Å². The molecule has 3 heterocycles. The molecule has 1 atom stereocenters. The molecule has 174 valence electrons. The number of aromatic nitrogens is 1. The third kappa shape index (κ3) is 4.98. The van der Waals surface area contributed by atoms with Crippen molar-refractivity contribution >= 4 is 45.4 Å². The predicted molar refractivity (Wildman–Crippen MR) is 136 cm³/mol. The number of hydrogen-bond donors (Lipinski definition) is 3. The number of morpholine rings is 1. The Bertz CT molecular complexity index is 1260. The molecule has 0 spiro atoms. The van der Waals surface area contributed by atoms with Crippen LogP contribution in [0.25, 0.3) is 10.9 Å². The molecule has 0 aliphatic carbocycles. The minimum absolute atomic E-state index is 0.252. The predicted octanol–water partition coefficient (Wildman–Crippen LogP) is 4.05. The van der Waals surface area contributed by atoms with E-state index >= 15 is 0 Å². The third-order valence-corrected chi connectivity index (χ3v) is 6.85. The van der Waals surface area contributed by atoms with Crippen LogP contribution in [-0.2, 0) is 16.0 Å². The van der Waals surface area contributed by atoms with Crippen molar-refractivity contribution < 1.29 is 14.3 Å². The van der Waals surface area contributed by atoms with Crippen LogP contribution < -0.4 is 15.5 Å². The maximum absolute atomic E-state index is 13.3. The van der Waals surface area contributed by atoms with E-state index in [1.54, 1.807) is 6.07 Å². The molecule has 0 saturated carbocycles. The molecule has 34 heavy (non-hydrogen) atoms. The van der Waals surface area contributed by atoms with Crippen molar-refractivity contribution in [1.82, 2.24) is 10.3 Å². The first-order chi connectivity index (χ1) is 16.7. The van der Waals surface area contributed by atoms with Crippen LogP contribution in [-0.4, -0.2) is 49.1 Å². The lowest BCUT2D eigenvalue weighted by Gasteiger charge is -2.29. The first-order valence-electron chi connectivity index (χ1n) is 11.3. The number of nitrogens with one attached hydrogen (secondary N) is 3. The van der Waals surface area contributed by atoms with E-state index in [4.69, 9.17) is 4.74 Å². The number of rotatable bonds is 7. The van der Waals surface area contributed by atoms with Gasteiger partial charge in [0.15, 0.2) is 0 Å². The number of carbonyl (C=O) groups excluding carboxylic acids is 2. The number of anilines is 2. The number of para-hydroxylation sites is 1. The highest BCUT2D eigenvalue weighted by Gasteiger charge is 2.24. The highest BCUT2D eigenvalue weighted by Crippen LogP contribution is 2.22. The summed E-state index contributed by atoms with van der Waals surface area (Å²) in [5.74, 6) is -0.507. The van der Waals surface area contributed by atoms with Crippen molar-refractivity contribution in [3.63, 3.8) is 0 Å². The summed E-state index contributed by atoms with van der Waals surface area (Å²) in [5.41, 5.74) is 3.77. The summed E-state index contributed by atoms with van der Waals surface area (Å²) in [6.07, 6.45) is 2.28. The molecule has 8 heteroatoms. The number of thiophene rings is 1. The number of ether oxygens (including phenoxy) is 1. The maximum Gasteiger partial charge on any atom is 0.262 e. The quantitative estimate of drug-likeness (QED) is 0.377. The summed E-state index contributed by atoms with van der Waals surface area (Å²) in [4.78, 5) is 32.2. The Morgan fingerprint density at radius 1 is 1.03 bits per heavy atom. The summed E-state index contributed by atoms with van der Waals surface area (Å²) in [7, 11) is 0. The molecular formula is C26H26N4O3S. The second-order valence-corrected chi connectivity index (χ2v) is 9.15. The van der Waals surface area contributed by atoms with E-state index in [9.17, 15) is 9.59 Å². The molecule has 0 unspecified atom stereocenters. The molecule has 2 amide bonds. The van der Waals surface area contributed by atoms with E-state index in [0.29, 0.717) is 17.0 Å². The zero-order valence-electron chi connectivity index (χ0n) is 18.6. The van der Waals surface area contributed by atoms with Gasteiger partial charge in [0.25, 0.3) is 5.91 Å². The zero-order valence-corrected chi connectivity index (χ0v) is 19.4. The number of nitrogens with zero attached hydrogens (tertiary/aromatic N) is 1. The molecule has 0 radical (unpaired) electrons. The Labute approximate surface area is 201 Å². The maximum atomic E-state index is 13.3. The molecule has 2 aromatic heterocycles. The van der Waals surface area contributed by atoms with Crippen LogP contribution in [0.3, 0.4) is 0 Å². The number of H-pyrrole nitrogens is 1. The van der Waals surface area contributed by atoms with Crippen molar-refractivity contribution in [2.45, 2.75) is 12.5 Å². The molecule has 4 aromatic rings. The van der Waals surface area contributed by atoms with Crippen LogP contribution in [0.15, 0.2) is 72.2 Å². The van der Waals surface area contributed by atoms with E-state index in [2.05, 4.69) is 20.5 Å². The average molecular weight is 475 g/mol. The normalized spacial score (nSPS) is 14.6. The first kappa shape index (κ1) is 22.2. The van der Waals surface area contributed by atoms with Crippen LogP contribution >= 0.6 is 11.3 Å². The van der Waals surface area contributed by atoms with Crippen LogP contribution in [0, 0.1) is 0 Å². The molecule has 2 aromatic carbocycles. The van der Waals surface area contributed by atoms with Gasteiger partial charge >= 0.3 is 0 Å². The largest absolute Gasteiger partial charge is 0.378 e. The van der Waals surface area contributed by atoms with E-state index in [-0.39, 0.29) is 11.8 Å². The van der Waals surface area contributed by atoms with Crippen LogP contribution in [0.1, 0.15) is 15.2 Å². The highest BCUT2D eigenvalue weighted by atomic mass is 32.1. The number of fused-ring (bicyclic) bond motifs is 1. The molecule has 1 saturated heterocycles. The third-order valence-electron chi connectivity index (χ3n) is 5.98. The van der Waals surface area contributed by atoms with Crippen molar-refractivity contribution in [2.75, 3.05) is 36.5 Å². The molecule has 3 N–H and O–H groups in total. The molecule has 0 bridgehead atoms. The number of hydrogen-bond acceptors (Lipinski definition) is 5. The Morgan fingerprint density at radius 3 is 2.59 bits per heavy atom. The lowest BCUT2D eigenvalue weighted by atomic mass is 10.0. The van der Waals surface area contributed by atoms with Crippen molar-refractivity contribution in [1.29, 1.82) is 0 Å². The Balaban J connectivity index is 1.33. The lowest BCUT2D eigenvalue weighted by Crippen LogP contribution is -2.45. The summed E-state index contributed by atoms with van der Waals surface area (Å²) in [6.45, 7) is 3.15. The molecule has 1 fully saturated rings. The van der Waals surface area contributed by atoms with Gasteiger partial charge in [0.2, 0.25) is 5.91 Å². The Hall–Kier alpha value is -3.62. The number of carbonyl (C=O) groups is 2. The van der Waals surface area contributed by atoms with Crippen LogP contribution in [0.2, 0.25) is 0 Å². The lowest BCUT2D eigenvalue weighted by molar-refractivity contribution is -0.118. The fraction of sp³-hybridized carbons (Fsp3) is 0.231. The van der Waals surface area contributed by atoms with E-state index in [1.807, 2.05) is 66.2 Å². The van der Waals surface area contributed by atoms with E-state index < -0.39 is 6.04 Å². The number of benzene rings is 2. The van der Waals surface area contributed by atoms with Gasteiger partial charge in [-0.2, -0.15) is 0 Å². The van der Waals surface area contributed by atoms with E-state index in [0.717, 1.165) is 48.5 Å². The van der Waals surface area contributed by atoms with Crippen LogP contribution in [0.4, 0.5) is 11.4 Å². The molecule has 5 rings (SSSR count). The minimum Gasteiger partial charge on any atom is -0.378 e. The summed E-state index contributed by atoms with van der Waals surface area (Å²) in [6, 6.07) is 18.6. The molecular weight excluding hydrogens is 448 g/mol. The summed E-state index contributed by atoms with van der Waals surface area (Å²) >= 11 is 1.35. The van der Waals surface area contributed by atoms with Gasteiger partial charge in [0.1, 0.15) is 6.04 Å². The van der Waals surface area contributed by atoms with E-state index in [1.165, 1.54) is 11.3 Å². The number of amides is 2. The fourth-order valence-corrected chi connectivity index (χ4v) is 4.80. The molecule has 1 aliphatic heterocycles. The van der Waals surface area contributed by atoms with Crippen molar-refractivity contribution in [3.8, 4) is 0 Å². The van der Waals surface area contributed by atoms with Crippen molar-refractivity contribution in [2.24, 2.45) is 0 Å². The molecule has 1 aliphatic rings. The van der Waals surface area contributed by atoms with Gasteiger partial charge in [-0.15, -0.1) is 11.3 Å². The second-order valence-electron chi connectivity index (χ2n) is 8.20. The Morgan fingerprint density at radius 2 is 1.82 bits per heavy atom. The standard InChI is InChI=1S/C26H26N4O3S/c31-25(28-19-7-9-20(10-8-19)30-11-13-33-14-12-30)23(29-26(32)24-6-3-15-34-24)16-18-17-27-22-5-2-1-4-21(18)22/h1-10,15,17,23,27H,11-14,16H2,(H,28,31)(H,29,32)/t23-/m0/s1. The monoisotopic (exact) mass is 474 g/mol. The fourth-order valence-electron chi connectivity index (χ4n) is 4.17. The first-order valence-corrected chi connectivity index (χ1v) is 12.2. The van der Waals surface area contributed by atoms with Gasteiger partial charge in [-0.05, 0) is 47.3 Å². The molecule has 7 nitrogen and oxygen atoms in total. The smallest absolute Gasteiger partial charge is 0.262 e. The van der Waals surface area contributed by atoms with Gasteiger partial charge < -0.3 is 25.3 Å². The van der Waals surface area contributed by atoms with Crippen molar-refractivity contribution in [3.05, 3.63) is 82.7 Å².